The minimum absolute atomic E-state index is 0.0929. The maximum Gasteiger partial charge on any atom is 0.311 e. The summed E-state index contributed by atoms with van der Waals surface area (Å²) in [5.74, 6) is 2.17. The van der Waals surface area contributed by atoms with E-state index in [2.05, 4.69) is 20.6 Å². The van der Waals surface area contributed by atoms with Crippen LogP contribution in [0.2, 0.25) is 0 Å². The highest BCUT2D eigenvalue weighted by Gasteiger charge is 2.18. The predicted molar refractivity (Wildman–Crippen MR) is 186 cm³/mol. The number of nitrogen functional groups attached to an aromatic ring is 1. The fourth-order valence-electron chi connectivity index (χ4n) is 4.66. The highest BCUT2D eigenvalue weighted by Crippen LogP contribution is 2.34. The average molecular weight is 645 g/mol. The molecule has 0 bridgehead atoms. The molecule has 0 amide bonds. The molecule has 12 heteroatoms. The van der Waals surface area contributed by atoms with Gasteiger partial charge in [-0.1, -0.05) is 48.5 Å². The number of aromatic nitrogens is 2. The maximum absolute atomic E-state index is 11.3. The lowest BCUT2D eigenvalue weighted by Gasteiger charge is -2.13. The largest absolute Gasteiger partial charge is 0.508 e. The van der Waals surface area contributed by atoms with Crippen molar-refractivity contribution in [2.24, 2.45) is 0 Å². The van der Waals surface area contributed by atoms with Gasteiger partial charge >= 0.3 is 5.69 Å². The number of pyridine rings is 2. The van der Waals surface area contributed by atoms with Gasteiger partial charge in [0.05, 0.1) is 47.6 Å². The van der Waals surface area contributed by atoms with Gasteiger partial charge in [-0.15, -0.1) is 0 Å². The molecule has 12 nitrogen and oxygen atoms in total. The lowest BCUT2D eigenvalue weighted by molar-refractivity contribution is -0.384. The first-order valence-electron chi connectivity index (χ1n) is 14.6. The first-order chi connectivity index (χ1) is 23.2. The molecule has 0 saturated heterocycles. The zero-order valence-corrected chi connectivity index (χ0v) is 26.0. The van der Waals surface area contributed by atoms with E-state index in [0.717, 1.165) is 11.3 Å². The maximum atomic E-state index is 11.3. The Hall–Kier alpha value is -6.82. The third-order valence-corrected chi connectivity index (χ3v) is 7.00. The van der Waals surface area contributed by atoms with Crippen LogP contribution in [0.1, 0.15) is 0 Å². The Balaban J connectivity index is 0.000000188. The van der Waals surface area contributed by atoms with Crippen molar-refractivity contribution in [2.75, 3.05) is 30.6 Å². The number of benzene rings is 4. The van der Waals surface area contributed by atoms with Crippen molar-refractivity contribution in [2.45, 2.75) is 0 Å². The average Bonchev–Trinajstić information content (AvgIpc) is 3.10. The Morgan fingerprint density at radius 1 is 0.646 bits per heavy atom. The molecule has 6 rings (SSSR count). The first kappa shape index (κ1) is 32.6. The number of nitro groups is 1. The summed E-state index contributed by atoms with van der Waals surface area (Å²) in [5.41, 5.74) is 10.4. The van der Waals surface area contributed by atoms with Gasteiger partial charge in [-0.3, -0.25) is 10.1 Å². The van der Waals surface area contributed by atoms with Crippen LogP contribution in [0.25, 0.3) is 22.5 Å². The molecule has 0 atom stereocenters. The van der Waals surface area contributed by atoms with Gasteiger partial charge in [-0.25, -0.2) is 9.97 Å². The van der Waals surface area contributed by atoms with Gasteiger partial charge in [-0.2, -0.15) is 0 Å². The van der Waals surface area contributed by atoms with Crippen LogP contribution >= 0.6 is 0 Å². The number of hydrogen-bond donors (Lipinski definition) is 5. The van der Waals surface area contributed by atoms with E-state index < -0.39 is 4.92 Å². The van der Waals surface area contributed by atoms with E-state index in [9.17, 15) is 20.3 Å². The Bertz CT molecular complexity index is 2050. The van der Waals surface area contributed by atoms with E-state index in [1.807, 2.05) is 36.4 Å². The van der Waals surface area contributed by atoms with Gasteiger partial charge in [0, 0.05) is 17.2 Å². The number of aromatic hydroxyl groups is 2. The third kappa shape index (κ3) is 7.87. The van der Waals surface area contributed by atoms with E-state index >= 15 is 0 Å². The number of phenols is 2. The molecular weight excluding hydrogens is 612 g/mol. The summed E-state index contributed by atoms with van der Waals surface area (Å²) in [6.45, 7) is 0. The Kier molecular flexibility index (Phi) is 10.2. The monoisotopic (exact) mass is 644 g/mol. The lowest BCUT2D eigenvalue weighted by atomic mass is 10.1. The highest BCUT2D eigenvalue weighted by atomic mass is 16.6. The van der Waals surface area contributed by atoms with Crippen LogP contribution in [-0.2, 0) is 0 Å². The van der Waals surface area contributed by atoms with E-state index in [-0.39, 0.29) is 23.0 Å². The zero-order chi connectivity index (χ0) is 34.0. The van der Waals surface area contributed by atoms with Gasteiger partial charge in [0.1, 0.15) is 23.0 Å². The van der Waals surface area contributed by atoms with Crippen molar-refractivity contribution in [1.82, 2.24) is 9.97 Å². The molecule has 0 saturated carbocycles. The third-order valence-electron chi connectivity index (χ3n) is 7.00. The number of nitrogens with zero attached hydrogens (tertiary/aromatic N) is 3. The smallest absolute Gasteiger partial charge is 0.311 e. The van der Waals surface area contributed by atoms with E-state index in [4.69, 9.17) is 15.2 Å². The molecule has 2 aromatic heterocycles. The zero-order valence-electron chi connectivity index (χ0n) is 26.0. The van der Waals surface area contributed by atoms with Gasteiger partial charge in [0.15, 0.2) is 5.82 Å². The molecule has 6 N–H and O–H groups in total. The summed E-state index contributed by atoms with van der Waals surface area (Å²) in [7, 11) is 3.13. The molecule has 0 fully saturated rings. The van der Waals surface area contributed by atoms with Crippen LogP contribution in [0.15, 0.2) is 121 Å². The standard InChI is InChI=1S/C18H15N3O4.C18H17N3O2/c1-25-17-8-3-2-7-15(17)20-18-16(21(23)24)10-9-14(19-18)12-5-4-6-13(22)11-12;1-23-17-8-3-2-7-16(17)21-18-14(19)9-10-15(20-18)12-5-4-6-13(22)11-12/h2-11,22H,1H3,(H,19,20);2-11,22H,19H2,1H3,(H,20,21). The molecular formula is C36H32N6O6. The number of anilines is 5. The van der Waals surface area contributed by atoms with Gasteiger partial charge in [-0.05, 0) is 66.7 Å². The van der Waals surface area contributed by atoms with E-state index in [1.54, 1.807) is 86.0 Å². The topological polar surface area (TPSA) is 178 Å². The van der Waals surface area contributed by atoms with Crippen molar-refractivity contribution >= 4 is 34.4 Å². The molecule has 4 aromatic carbocycles. The van der Waals surface area contributed by atoms with Crippen molar-refractivity contribution in [1.29, 1.82) is 0 Å². The number of hydrogen-bond acceptors (Lipinski definition) is 11. The Labute approximate surface area is 276 Å². The Morgan fingerprint density at radius 3 is 1.62 bits per heavy atom. The number of methoxy groups -OCH3 is 2. The second-order valence-corrected chi connectivity index (χ2v) is 10.2. The van der Waals surface area contributed by atoms with E-state index in [1.165, 1.54) is 13.2 Å². The first-order valence-corrected chi connectivity index (χ1v) is 14.6. The predicted octanol–water partition coefficient (Wildman–Crippen LogP) is 7.90. The van der Waals surface area contributed by atoms with Crippen molar-refractivity contribution in [3.63, 3.8) is 0 Å². The van der Waals surface area contributed by atoms with Gasteiger partial charge < -0.3 is 36.1 Å². The number of nitrogens with two attached hydrogens (primary N) is 1. The lowest BCUT2D eigenvalue weighted by Crippen LogP contribution is -2.02. The van der Waals surface area contributed by atoms with Crippen LogP contribution < -0.4 is 25.8 Å². The summed E-state index contributed by atoms with van der Waals surface area (Å²) in [6.07, 6.45) is 0. The van der Waals surface area contributed by atoms with Gasteiger partial charge in [0.2, 0.25) is 5.82 Å². The normalized spacial score (nSPS) is 10.3. The summed E-state index contributed by atoms with van der Waals surface area (Å²) in [6, 6.07) is 34.6. The minimum atomic E-state index is -0.503. The number of ether oxygens (including phenoxy) is 2. The van der Waals surface area contributed by atoms with Crippen LogP contribution in [-0.4, -0.2) is 39.3 Å². The summed E-state index contributed by atoms with van der Waals surface area (Å²) < 4.78 is 10.6. The molecule has 2 heterocycles. The summed E-state index contributed by atoms with van der Waals surface area (Å²) in [5, 5.41) is 36.7. The van der Waals surface area contributed by atoms with E-state index in [0.29, 0.717) is 45.6 Å². The number of rotatable bonds is 9. The molecule has 242 valence electrons. The fourth-order valence-corrected chi connectivity index (χ4v) is 4.66. The molecule has 6 aromatic rings. The van der Waals surface area contributed by atoms with Crippen molar-refractivity contribution in [3.05, 3.63) is 131 Å². The highest BCUT2D eigenvalue weighted by molar-refractivity contribution is 5.76. The molecule has 0 aliphatic heterocycles. The number of phenolic OH excluding ortho intramolecular Hbond substituents is 2. The molecule has 0 aliphatic rings. The SMILES string of the molecule is COc1ccccc1Nc1nc(-c2cccc(O)c2)ccc1N.COc1ccccc1Nc1nc(-c2cccc(O)c2)ccc1[N+](=O)[O-]. The van der Waals surface area contributed by atoms with Crippen molar-refractivity contribution < 1.29 is 24.6 Å². The second kappa shape index (κ2) is 15.0. The second-order valence-electron chi connectivity index (χ2n) is 10.2. The van der Waals surface area contributed by atoms with Crippen LogP contribution in [0.5, 0.6) is 23.0 Å². The number of nitrogens with one attached hydrogen (secondary N) is 2. The Morgan fingerprint density at radius 2 is 1.12 bits per heavy atom. The van der Waals surface area contributed by atoms with Crippen LogP contribution in [0.4, 0.5) is 34.4 Å². The van der Waals surface area contributed by atoms with Crippen LogP contribution in [0, 0.1) is 10.1 Å². The summed E-state index contributed by atoms with van der Waals surface area (Å²) in [4.78, 5) is 19.7. The quantitative estimate of drug-likeness (QED) is 0.0763. The molecule has 0 spiro atoms. The molecule has 0 aliphatic carbocycles. The minimum Gasteiger partial charge on any atom is -0.508 e. The van der Waals surface area contributed by atoms with Crippen LogP contribution in [0.3, 0.4) is 0 Å². The fraction of sp³-hybridized carbons (Fsp3) is 0.0556. The number of para-hydroxylation sites is 4. The molecule has 0 unspecified atom stereocenters. The van der Waals surface area contributed by atoms with Gasteiger partial charge in [0.25, 0.3) is 0 Å². The van der Waals surface area contributed by atoms with Crippen molar-refractivity contribution in [3.8, 4) is 45.5 Å². The molecule has 48 heavy (non-hydrogen) atoms. The molecule has 0 radical (unpaired) electrons. The summed E-state index contributed by atoms with van der Waals surface area (Å²) >= 11 is 0.